The molecule has 0 aromatic carbocycles. The van der Waals surface area contributed by atoms with E-state index in [4.69, 9.17) is 0 Å². The Morgan fingerprint density at radius 3 is 2.50 bits per heavy atom. The van der Waals surface area contributed by atoms with Crippen LogP contribution in [0.4, 0.5) is 0 Å². The predicted molar refractivity (Wildman–Crippen MR) is 39.7 cm³/mol. The minimum atomic E-state index is -0.0792. The summed E-state index contributed by atoms with van der Waals surface area (Å²) in [6.07, 6.45) is 3.10. The fraction of sp³-hybridized carbons (Fsp3) is 0.429. The maximum absolute atomic E-state index is 10.5. The molecule has 0 fully saturated rings. The molecule has 0 radical (unpaired) electrons. The normalized spacial score (nSPS) is 12.1. The van der Waals surface area contributed by atoms with E-state index in [1.807, 2.05) is 0 Å². The number of hydrogen-bond acceptors (Lipinski definition) is 3. The number of nitrogens with zero attached hydrogens (tertiary/aromatic N) is 1. The second-order valence-electron chi connectivity index (χ2n) is 1.81. The first-order valence-electron chi connectivity index (χ1n) is 3.01. The number of allylic oxidation sites excluding steroid dienone is 1. The third-order valence-corrected chi connectivity index (χ3v) is 0.896. The number of carbonyl (C=O) groups is 1. The van der Waals surface area contributed by atoms with Crippen molar-refractivity contribution in [2.45, 2.75) is 20.8 Å². The highest BCUT2D eigenvalue weighted by atomic mass is 16.6. The van der Waals surface area contributed by atoms with Crippen LogP contribution in [-0.2, 0) is 9.63 Å². The smallest absolute Gasteiger partial charge is 0.177 e. The third-order valence-electron chi connectivity index (χ3n) is 0.896. The summed E-state index contributed by atoms with van der Waals surface area (Å²) in [6, 6.07) is 0. The van der Waals surface area contributed by atoms with Crippen LogP contribution in [0.1, 0.15) is 20.8 Å². The van der Waals surface area contributed by atoms with E-state index < -0.39 is 0 Å². The first-order chi connectivity index (χ1) is 4.68. The molecule has 0 aliphatic heterocycles. The molecule has 0 saturated heterocycles. The molecule has 0 atom stereocenters. The average Bonchev–Trinajstić information content (AvgIpc) is 1.88. The van der Waals surface area contributed by atoms with E-state index in [-0.39, 0.29) is 5.78 Å². The predicted octanol–water partition coefficient (Wildman–Crippen LogP) is 1.50. The number of rotatable bonds is 3. The Hall–Kier alpha value is -1.12. The second kappa shape index (κ2) is 4.73. The van der Waals surface area contributed by atoms with Gasteiger partial charge in [0.1, 0.15) is 12.0 Å². The molecule has 0 aromatic rings. The van der Waals surface area contributed by atoms with Gasteiger partial charge in [0.25, 0.3) is 0 Å². The number of oxime groups is 1. The summed E-state index contributed by atoms with van der Waals surface area (Å²) in [4.78, 5) is 15.1. The summed E-state index contributed by atoms with van der Waals surface area (Å²) in [6.45, 7) is 4.85. The molecule has 0 bridgehead atoms. The lowest BCUT2D eigenvalue weighted by Gasteiger charge is -1.90. The maximum atomic E-state index is 10.5. The fourth-order valence-corrected chi connectivity index (χ4v) is 0.235. The Kier molecular flexibility index (Phi) is 4.20. The van der Waals surface area contributed by atoms with Crippen molar-refractivity contribution in [2.24, 2.45) is 5.16 Å². The zero-order chi connectivity index (χ0) is 7.98. The molecule has 0 saturated carbocycles. The van der Waals surface area contributed by atoms with E-state index in [2.05, 4.69) is 9.99 Å². The van der Waals surface area contributed by atoms with Crippen molar-refractivity contribution < 1.29 is 9.63 Å². The molecular weight excluding hydrogens is 130 g/mol. The van der Waals surface area contributed by atoms with Crippen LogP contribution in [0, 0.1) is 0 Å². The molecule has 0 aromatic heterocycles. The lowest BCUT2D eigenvalue weighted by Crippen LogP contribution is -2.03. The summed E-state index contributed by atoms with van der Waals surface area (Å²) < 4.78 is 0. The standard InChI is InChI=1S/C7H11NO2/c1-4-5-10-8-6(2)7(3)9/h4-5H,1-3H3. The molecule has 0 unspecified atom stereocenters. The number of hydrogen-bond donors (Lipinski definition) is 0. The van der Waals surface area contributed by atoms with Crippen LogP contribution in [0.3, 0.4) is 0 Å². The quantitative estimate of drug-likeness (QED) is 0.339. The SMILES string of the molecule is CC=CON=C(C)C(C)=O. The minimum Gasteiger partial charge on any atom is -0.365 e. The maximum Gasteiger partial charge on any atom is 0.177 e. The van der Waals surface area contributed by atoms with Crippen LogP contribution >= 0.6 is 0 Å². The average molecular weight is 141 g/mol. The highest BCUT2D eigenvalue weighted by Crippen LogP contribution is 1.83. The molecule has 0 aliphatic rings. The van der Waals surface area contributed by atoms with E-state index >= 15 is 0 Å². The van der Waals surface area contributed by atoms with Gasteiger partial charge in [-0.3, -0.25) is 4.79 Å². The van der Waals surface area contributed by atoms with Crippen molar-refractivity contribution in [3.8, 4) is 0 Å². The summed E-state index contributed by atoms with van der Waals surface area (Å²) >= 11 is 0. The van der Waals surface area contributed by atoms with E-state index in [0.29, 0.717) is 5.71 Å². The Bertz CT molecular complexity index is 170. The Balaban J connectivity index is 3.80. The Labute approximate surface area is 60.4 Å². The van der Waals surface area contributed by atoms with Gasteiger partial charge in [-0.2, -0.15) is 0 Å². The first kappa shape index (κ1) is 8.88. The van der Waals surface area contributed by atoms with Gasteiger partial charge < -0.3 is 4.84 Å². The summed E-state index contributed by atoms with van der Waals surface area (Å²) in [7, 11) is 0. The van der Waals surface area contributed by atoms with Crippen LogP contribution in [0.15, 0.2) is 17.5 Å². The number of ketones is 1. The largest absolute Gasteiger partial charge is 0.365 e. The van der Waals surface area contributed by atoms with Gasteiger partial charge >= 0.3 is 0 Å². The summed E-state index contributed by atoms with van der Waals surface area (Å²) in [5, 5.41) is 3.49. The molecule has 0 rings (SSSR count). The fourth-order valence-electron chi connectivity index (χ4n) is 0.235. The monoisotopic (exact) mass is 141 g/mol. The van der Waals surface area contributed by atoms with E-state index in [1.54, 1.807) is 19.9 Å². The summed E-state index contributed by atoms with van der Waals surface area (Å²) in [5.41, 5.74) is 0.373. The van der Waals surface area contributed by atoms with Gasteiger partial charge in [0.2, 0.25) is 0 Å². The van der Waals surface area contributed by atoms with Gasteiger partial charge in [-0.25, -0.2) is 0 Å². The van der Waals surface area contributed by atoms with Crippen molar-refractivity contribution >= 4 is 11.5 Å². The zero-order valence-corrected chi connectivity index (χ0v) is 6.42. The molecule has 56 valence electrons. The molecule has 3 heteroatoms. The Morgan fingerprint density at radius 2 is 2.10 bits per heavy atom. The Morgan fingerprint density at radius 1 is 1.50 bits per heavy atom. The van der Waals surface area contributed by atoms with Crippen LogP contribution < -0.4 is 0 Å². The number of Topliss-reactive ketones (excluding diaryl/α,β-unsaturated/α-hetero) is 1. The molecule has 0 spiro atoms. The molecule has 0 N–H and O–H groups in total. The van der Waals surface area contributed by atoms with Crippen LogP contribution in [0.25, 0.3) is 0 Å². The van der Waals surface area contributed by atoms with Crippen molar-refractivity contribution in [3.63, 3.8) is 0 Å². The van der Waals surface area contributed by atoms with Gasteiger partial charge in [-0.05, 0) is 19.9 Å². The van der Waals surface area contributed by atoms with Gasteiger partial charge in [-0.15, -0.1) is 0 Å². The van der Waals surface area contributed by atoms with Crippen LogP contribution in [0.2, 0.25) is 0 Å². The molecule has 0 amide bonds. The van der Waals surface area contributed by atoms with E-state index in [9.17, 15) is 4.79 Å². The molecule has 0 aliphatic carbocycles. The van der Waals surface area contributed by atoms with Crippen molar-refractivity contribution in [3.05, 3.63) is 12.3 Å². The van der Waals surface area contributed by atoms with E-state index in [0.717, 1.165) is 0 Å². The lowest BCUT2D eigenvalue weighted by molar-refractivity contribution is -0.111. The third kappa shape index (κ3) is 3.83. The van der Waals surface area contributed by atoms with Gasteiger partial charge in [0.05, 0.1) is 0 Å². The van der Waals surface area contributed by atoms with Crippen LogP contribution in [0.5, 0.6) is 0 Å². The van der Waals surface area contributed by atoms with Crippen molar-refractivity contribution in [1.82, 2.24) is 0 Å². The molecule has 10 heavy (non-hydrogen) atoms. The highest BCUT2D eigenvalue weighted by Gasteiger charge is 1.95. The van der Waals surface area contributed by atoms with Crippen molar-refractivity contribution in [1.29, 1.82) is 0 Å². The van der Waals surface area contributed by atoms with Crippen LogP contribution in [-0.4, -0.2) is 11.5 Å². The summed E-state index contributed by atoms with van der Waals surface area (Å²) in [5.74, 6) is -0.0792. The minimum absolute atomic E-state index is 0.0792. The molecule has 0 heterocycles. The number of carbonyl (C=O) groups excluding carboxylic acids is 1. The van der Waals surface area contributed by atoms with Gasteiger partial charge in [-0.1, -0.05) is 5.16 Å². The zero-order valence-electron chi connectivity index (χ0n) is 6.42. The van der Waals surface area contributed by atoms with Gasteiger partial charge in [0.15, 0.2) is 5.78 Å². The topological polar surface area (TPSA) is 38.7 Å². The van der Waals surface area contributed by atoms with E-state index in [1.165, 1.54) is 13.2 Å². The lowest BCUT2D eigenvalue weighted by atomic mass is 10.3. The van der Waals surface area contributed by atoms with Crippen molar-refractivity contribution in [2.75, 3.05) is 0 Å². The molecular formula is C7H11NO2. The highest BCUT2D eigenvalue weighted by molar-refractivity contribution is 6.37. The second-order valence-corrected chi connectivity index (χ2v) is 1.81. The first-order valence-corrected chi connectivity index (χ1v) is 3.01. The molecule has 3 nitrogen and oxygen atoms in total. The van der Waals surface area contributed by atoms with Gasteiger partial charge in [0, 0.05) is 6.92 Å².